The van der Waals surface area contributed by atoms with E-state index in [4.69, 9.17) is 5.73 Å². The van der Waals surface area contributed by atoms with Crippen LogP contribution in [0.1, 0.15) is 25.7 Å². The van der Waals surface area contributed by atoms with Gasteiger partial charge in [0.05, 0.1) is 5.69 Å². The Hall–Kier alpha value is -1.29. The largest absolute Gasteiger partial charge is 0.382 e. The van der Waals surface area contributed by atoms with Crippen molar-refractivity contribution < 1.29 is 0 Å². The van der Waals surface area contributed by atoms with Gasteiger partial charge in [0.2, 0.25) is 0 Å². The van der Waals surface area contributed by atoms with Crippen LogP contribution in [-0.2, 0) is 0 Å². The average molecular weight is 234 g/mol. The number of hydrogen-bond acceptors (Lipinski definition) is 4. The van der Waals surface area contributed by atoms with E-state index in [0.717, 1.165) is 18.8 Å². The Morgan fingerprint density at radius 2 is 2.00 bits per heavy atom. The number of nitrogens with zero attached hydrogens (tertiary/aromatic N) is 2. The van der Waals surface area contributed by atoms with E-state index >= 15 is 0 Å². The maximum absolute atomic E-state index is 5.78. The fraction of sp³-hybridized carbons (Fsp3) is 0.615. The molecule has 0 aliphatic carbocycles. The topological polar surface area (TPSA) is 54.2 Å². The molecule has 2 rings (SSSR count). The van der Waals surface area contributed by atoms with Gasteiger partial charge in [-0.15, -0.1) is 0 Å². The second-order valence-electron chi connectivity index (χ2n) is 4.62. The molecular weight excluding hydrogens is 212 g/mol. The second kappa shape index (κ2) is 6.45. The summed E-state index contributed by atoms with van der Waals surface area (Å²) < 4.78 is 0. The molecule has 0 aromatic carbocycles. The Labute approximate surface area is 103 Å². The number of rotatable bonds is 4. The molecule has 94 valence electrons. The molecular formula is C13H22N4. The summed E-state index contributed by atoms with van der Waals surface area (Å²) in [5.74, 6) is 0.586. The van der Waals surface area contributed by atoms with Crippen molar-refractivity contribution in [3.05, 3.63) is 18.3 Å². The second-order valence-corrected chi connectivity index (χ2v) is 4.62. The molecule has 4 heteroatoms. The van der Waals surface area contributed by atoms with Crippen molar-refractivity contribution >= 4 is 11.5 Å². The number of pyridine rings is 1. The molecule has 1 aliphatic heterocycles. The van der Waals surface area contributed by atoms with Crippen LogP contribution in [0.5, 0.6) is 0 Å². The van der Waals surface area contributed by atoms with E-state index in [-0.39, 0.29) is 0 Å². The van der Waals surface area contributed by atoms with Crippen LogP contribution in [0.3, 0.4) is 0 Å². The molecule has 0 amide bonds. The third kappa shape index (κ3) is 3.89. The molecule has 0 spiro atoms. The lowest BCUT2D eigenvalue weighted by atomic mass is 10.2. The summed E-state index contributed by atoms with van der Waals surface area (Å²) in [5, 5.41) is 3.35. The Morgan fingerprint density at radius 3 is 2.71 bits per heavy atom. The van der Waals surface area contributed by atoms with Gasteiger partial charge in [0.25, 0.3) is 0 Å². The number of anilines is 2. The first kappa shape index (κ1) is 12.2. The minimum absolute atomic E-state index is 0.586. The molecule has 1 fully saturated rings. The number of likely N-dealkylation sites (tertiary alicyclic amines) is 1. The van der Waals surface area contributed by atoms with Gasteiger partial charge in [0.1, 0.15) is 5.82 Å². The van der Waals surface area contributed by atoms with Crippen molar-refractivity contribution in [2.24, 2.45) is 0 Å². The third-order valence-corrected chi connectivity index (χ3v) is 3.28. The number of nitrogens with two attached hydrogens (primary N) is 1. The van der Waals surface area contributed by atoms with E-state index in [2.05, 4.69) is 15.2 Å². The van der Waals surface area contributed by atoms with Gasteiger partial charge < -0.3 is 16.0 Å². The van der Waals surface area contributed by atoms with Crippen LogP contribution in [0, 0.1) is 0 Å². The summed E-state index contributed by atoms with van der Waals surface area (Å²) in [6.45, 7) is 4.51. The summed E-state index contributed by atoms with van der Waals surface area (Å²) in [5.41, 5.74) is 6.72. The SMILES string of the molecule is Nc1ncccc1NCCN1CCCCCC1. The van der Waals surface area contributed by atoms with E-state index in [1.54, 1.807) is 6.20 Å². The Morgan fingerprint density at radius 1 is 1.24 bits per heavy atom. The Balaban J connectivity index is 1.73. The van der Waals surface area contributed by atoms with Gasteiger partial charge in [-0.2, -0.15) is 0 Å². The van der Waals surface area contributed by atoms with Gasteiger partial charge in [0.15, 0.2) is 0 Å². The molecule has 1 aromatic rings. The van der Waals surface area contributed by atoms with E-state index in [1.807, 2.05) is 12.1 Å². The lowest BCUT2D eigenvalue weighted by molar-refractivity contribution is 0.296. The molecule has 0 saturated carbocycles. The van der Waals surface area contributed by atoms with E-state index < -0.39 is 0 Å². The smallest absolute Gasteiger partial charge is 0.146 e. The van der Waals surface area contributed by atoms with Crippen LogP contribution < -0.4 is 11.1 Å². The first-order chi connectivity index (χ1) is 8.36. The zero-order chi connectivity index (χ0) is 11.9. The molecule has 2 heterocycles. The van der Waals surface area contributed by atoms with Crippen LogP contribution in [0.15, 0.2) is 18.3 Å². The number of nitrogen functional groups attached to an aromatic ring is 1. The summed E-state index contributed by atoms with van der Waals surface area (Å²) in [6.07, 6.45) is 7.18. The van der Waals surface area contributed by atoms with Gasteiger partial charge in [-0.3, -0.25) is 0 Å². The zero-order valence-corrected chi connectivity index (χ0v) is 10.4. The first-order valence-electron chi connectivity index (χ1n) is 6.53. The monoisotopic (exact) mass is 234 g/mol. The fourth-order valence-electron chi connectivity index (χ4n) is 2.28. The molecule has 1 aliphatic rings. The minimum atomic E-state index is 0.586. The number of aromatic nitrogens is 1. The van der Waals surface area contributed by atoms with Crippen molar-refractivity contribution in [1.82, 2.24) is 9.88 Å². The number of nitrogens with one attached hydrogen (secondary N) is 1. The summed E-state index contributed by atoms with van der Waals surface area (Å²) >= 11 is 0. The van der Waals surface area contributed by atoms with Crippen molar-refractivity contribution in [3.8, 4) is 0 Å². The predicted octanol–water partition coefficient (Wildman–Crippen LogP) is 1.95. The van der Waals surface area contributed by atoms with Crippen molar-refractivity contribution in [1.29, 1.82) is 0 Å². The van der Waals surface area contributed by atoms with Gasteiger partial charge in [0, 0.05) is 19.3 Å². The van der Waals surface area contributed by atoms with E-state index in [0.29, 0.717) is 5.82 Å². The highest BCUT2D eigenvalue weighted by atomic mass is 15.1. The van der Waals surface area contributed by atoms with E-state index in [1.165, 1.54) is 38.8 Å². The van der Waals surface area contributed by atoms with Gasteiger partial charge >= 0.3 is 0 Å². The molecule has 1 saturated heterocycles. The Kier molecular flexibility index (Phi) is 4.62. The molecule has 0 radical (unpaired) electrons. The Bertz CT molecular complexity index is 332. The number of hydrogen-bond donors (Lipinski definition) is 2. The lowest BCUT2D eigenvalue weighted by Gasteiger charge is -2.20. The lowest BCUT2D eigenvalue weighted by Crippen LogP contribution is -2.30. The first-order valence-corrected chi connectivity index (χ1v) is 6.53. The average Bonchev–Trinajstić information content (AvgIpc) is 2.60. The normalized spacial score (nSPS) is 17.6. The summed E-state index contributed by atoms with van der Waals surface area (Å²) in [4.78, 5) is 6.60. The maximum atomic E-state index is 5.78. The molecule has 0 atom stereocenters. The molecule has 0 bridgehead atoms. The summed E-state index contributed by atoms with van der Waals surface area (Å²) in [6, 6.07) is 3.88. The molecule has 1 aromatic heterocycles. The highest BCUT2D eigenvalue weighted by molar-refractivity contribution is 5.60. The minimum Gasteiger partial charge on any atom is -0.382 e. The molecule has 17 heavy (non-hydrogen) atoms. The third-order valence-electron chi connectivity index (χ3n) is 3.28. The maximum Gasteiger partial charge on any atom is 0.146 e. The fourth-order valence-corrected chi connectivity index (χ4v) is 2.28. The highest BCUT2D eigenvalue weighted by Gasteiger charge is 2.08. The standard InChI is InChI=1S/C13H22N4/c14-13-12(6-5-7-16-13)15-8-11-17-9-3-1-2-4-10-17/h5-7,15H,1-4,8-11H2,(H2,14,16). The molecule has 0 unspecified atom stereocenters. The van der Waals surface area contributed by atoms with Crippen LogP contribution in [0.4, 0.5) is 11.5 Å². The van der Waals surface area contributed by atoms with Crippen LogP contribution in [0.2, 0.25) is 0 Å². The van der Waals surface area contributed by atoms with Gasteiger partial charge in [-0.25, -0.2) is 4.98 Å². The van der Waals surface area contributed by atoms with Crippen molar-refractivity contribution in [3.63, 3.8) is 0 Å². The van der Waals surface area contributed by atoms with Crippen LogP contribution in [0.25, 0.3) is 0 Å². The van der Waals surface area contributed by atoms with Crippen molar-refractivity contribution in [2.45, 2.75) is 25.7 Å². The van der Waals surface area contributed by atoms with Crippen LogP contribution in [-0.4, -0.2) is 36.1 Å². The predicted molar refractivity (Wildman–Crippen MR) is 72.0 cm³/mol. The van der Waals surface area contributed by atoms with Gasteiger partial charge in [-0.05, 0) is 38.1 Å². The molecule has 3 N–H and O–H groups in total. The zero-order valence-electron chi connectivity index (χ0n) is 10.4. The van der Waals surface area contributed by atoms with Crippen molar-refractivity contribution in [2.75, 3.05) is 37.2 Å². The summed E-state index contributed by atoms with van der Waals surface area (Å²) in [7, 11) is 0. The highest BCUT2D eigenvalue weighted by Crippen LogP contribution is 2.13. The van der Waals surface area contributed by atoms with Crippen LogP contribution >= 0.6 is 0 Å². The molecule has 4 nitrogen and oxygen atoms in total. The van der Waals surface area contributed by atoms with E-state index in [9.17, 15) is 0 Å². The quantitative estimate of drug-likeness (QED) is 0.836. The van der Waals surface area contributed by atoms with Gasteiger partial charge in [-0.1, -0.05) is 12.8 Å².